The van der Waals surface area contributed by atoms with Crippen LogP contribution in [0.3, 0.4) is 0 Å². The maximum Gasteiger partial charge on any atom is 0.335 e. The molecule has 0 spiro atoms. The number of rotatable bonds is 9. The first-order valence-electron chi connectivity index (χ1n) is 12.5. The smallest absolute Gasteiger partial charge is 0.335 e. The third-order valence-electron chi connectivity index (χ3n) is 7.96. The van der Waals surface area contributed by atoms with Crippen molar-refractivity contribution in [3.05, 3.63) is 59.2 Å². The number of hydrogen-bond acceptors (Lipinski definition) is 5. The molecule has 6 rings (SSSR count). The number of hydrogen-bond donors (Lipinski definition) is 2. The highest BCUT2D eigenvalue weighted by molar-refractivity contribution is 7.81. The van der Waals surface area contributed by atoms with Crippen LogP contribution in [0.1, 0.15) is 66.9 Å². The van der Waals surface area contributed by atoms with Gasteiger partial charge in [0.25, 0.3) is 0 Å². The summed E-state index contributed by atoms with van der Waals surface area (Å²) in [5.41, 5.74) is 3.23. The Labute approximate surface area is 212 Å². The van der Waals surface area contributed by atoms with Crippen LogP contribution < -0.4 is 10.1 Å². The molecule has 4 aliphatic carbocycles. The first-order valence-corrected chi connectivity index (χ1v) is 12.9. The number of aromatic carboxylic acids is 1. The van der Waals surface area contributed by atoms with E-state index in [0.717, 1.165) is 34.8 Å². The van der Waals surface area contributed by atoms with Crippen LogP contribution in [-0.4, -0.2) is 36.3 Å². The largest absolute Gasteiger partial charge is 0.478 e. The number of carboxylic acid groups (broad SMARTS) is 1. The maximum atomic E-state index is 11.2. The van der Waals surface area contributed by atoms with Crippen molar-refractivity contribution in [3.8, 4) is 5.75 Å². The van der Waals surface area contributed by atoms with E-state index in [-0.39, 0.29) is 11.0 Å². The molecule has 1 unspecified atom stereocenters. The molecule has 2 aromatic carbocycles. The highest BCUT2D eigenvalue weighted by Gasteiger charge is 2.52. The molecule has 4 bridgehead atoms. The van der Waals surface area contributed by atoms with E-state index in [9.17, 15) is 4.79 Å². The van der Waals surface area contributed by atoms with Gasteiger partial charge in [0.05, 0.1) is 12.2 Å². The number of nitrogens with one attached hydrogen (secondary N) is 1. The zero-order valence-corrected chi connectivity index (χ0v) is 21.1. The SMILES string of the molecule is CCOC(OC)Oc1ccc(C(=S)Nc2ccc(C(=O)O)cc2)cc1C12CC3CC(CC(C3)C1)C2. The number of benzene rings is 2. The fraction of sp³-hybridized carbons (Fsp3) is 0.500. The van der Waals surface area contributed by atoms with E-state index in [1.807, 2.05) is 19.1 Å². The minimum Gasteiger partial charge on any atom is -0.478 e. The number of anilines is 1. The average molecular weight is 496 g/mol. The summed E-state index contributed by atoms with van der Waals surface area (Å²) in [5.74, 6) is 2.24. The Kier molecular flexibility index (Phi) is 6.84. The molecule has 0 amide bonds. The van der Waals surface area contributed by atoms with Gasteiger partial charge in [-0.25, -0.2) is 4.79 Å². The highest BCUT2D eigenvalue weighted by atomic mass is 32.1. The summed E-state index contributed by atoms with van der Waals surface area (Å²) in [4.78, 5) is 11.7. The second-order valence-electron chi connectivity index (χ2n) is 10.3. The maximum absolute atomic E-state index is 11.2. The standard InChI is InChI=1S/C28H33NO5S/c1-3-33-27(32-2)34-24-9-6-21(25(35)29-22-7-4-20(5-8-22)26(30)31)13-23(24)28-14-17-10-18(15-28)12-19(11-17)16-28/h4-9,13,17-19,27H,3,10-12,14-16H2,1-2H3,(H,29,35)(H,30,31). The van der Waals surface area contributed by atoms with Crippen molar-refractivity contribution in [1.29, 1.82) is 0 Å². The molecule has 0 radical (unpaired) electrons. The molecule has 2 N–H and O–H groups in total. The Balaban J connectivity index is 1.46. The molecule has 7 heteroatoms. The monoisotopic (exact) mass is 495 g/mol. The normalized spacial score (nSPS) is 27.4. The van der Waals surface area contributed by atoms with Gasteiger partial charge in [-0.2, -0.15) is 0 Å². The quantitative estimate of drug-likeness (QED) is 0.327. The first-order chi connectivity index (χ1) is 16.9. The van der Waals surface area contributed by atoms with Crippen LogP contribution in [-0.2, 0) is 14.9 Å². The second-order valence-corrected chi connectivity index (χ2v) is 10.8. The lowest BCUT2D eigenvalue weighted by molar-refractivity contribution is -0.231. The molecule has 2 aromatic rings. The van der Waals surface area contributed by atoms with Gasteiger partial charge >= 0.3 is 12.4 Å². The van der Waals surface area contributed by atoms with Crippen molar-refractivity contribution in [3.63, 3.8) is 0 Å². The molecular formula is C28H33NO5S. The van der Waals surface area contributed by atoms with E-state index in [2.05, 4.69) is 11.4 Å². The topological polar surface area (TPSA) is 77.0 Å². The lowest BCUT2D eigenvalue weighted by Gasteiger charge is -2.57. The Morgan fingerprint density at radius 3 is 2.20 bits per heavy atom. The van der Waals surface area contributed by atoms with Crippen LogP contribution in [0.15, 0.2) is 42.5 Å². The Morgan fingerprint density at radius 2 is 1.66 bits per heavy atom. The summed E-state index contributed by atoms with van der Waals surface area (Å²) in [7, 11) is 1.59. The molecule has 35 heavy (non-hydrogen) atoms. The zero-order valence-electron chi connectivity index (χ0n) is 20.3. The number of methoxy groups -OCH3 is 1. The summed E-state index contributed by atoms with van der Waals surface area (Å²) in [6.45, 7) is 1.67. The lowest BCUT2D eigenvalue weighted by atomic mass is 9.48. The predicted molar refractivity (Wildman–Crippen MR) is 138 cm³/mol. The van der Waals surface area contributed by atoms with Crippen LogP contribution in [0, 0.1) is 17.8 Å². The number of carboxylic acids is 1. The van der Waals surface area contributed by atoms with Gasteiger partial charge in [-0.3, -0.25) is 0 Å². The van der Waals surface area contributed by atoms with Gasteiger partial charge in [0.2, 0.25) is 0 Å². The Bertz CT molecular complexity index is 1060. The van der Waals surface area contributed by atoms with Crippen molar-refractivity contribution in [2.24, 2.45) is 17.8 Å². The number of ether oxygens (including phenoxy) is 3. The van der Waals surface area contributed by atoms with Crippen molar-refractivity contribution in [1.82, 2.24) is 0 Å². The summed E-state index contributed by atoms with van der Waals surface area (Å²) in [6.07, 6.45) is 7.68. The minimum absolute atomic E-state index is 0.101. The Hall–Kier alpha value is -2.48. The van der Waals surface area contributed by atoms with Crippen molar-refractivity contribution >= 4 is 28.9 Å². The van der Waals surface area contributed by atoms with E-state index in [4.69, 9.17) is 31.5 Å². The van der Waals surface area contributed by atoms with Gasteiger partial charge in [-0.05, 0) is 111 Å². The second kappa shape index (κ2) is 9.88. The minimum atomic E-state index is -0.948. The van der Waals surface area contributed by atoms with Gasteiger partial charge in [0, 0.05) is 23.9 Å². The lowest BCUT2D eigenvalue weighted by Crippen LogP contribution is -2.48. The molecule has 4 fully saturated rings. The summed E-state index contributed by atoms with van der Waals surface area (Å²) < 4.78 is 17.3. The van der Waals surface area contributed by atoms with Crippen molar-refractivity contribution in [2.75, 3.05) is 19.0 Å². The van der Waals surface area contributed by atoms with Crippen LogP contribution in [0.25, 0.3) is 0 Å². The fourth-order valence-electron chi connectivity index (χ4n) is 6.92. The van der Waals surface area contributed by atoms with Crippen LogP contribution in [0.4, 0.5) is 5.69 Å². The highest BCUT2D eigenvalue weighted by Crippen LogP contribution is 2.62. The predicted octanol–water partition coefficient (Wildman–Crippen LogP) is 5.99. The molecule has 0 saturated heterocycles. The third kappa shape index (κ3) is 4.95. The summed E-state index contributed by atoms with van der Waals surface area (Å²) >= 11 is 5.77. The van der Waals surface area contributed by atoms with E-state index < -0.39 is 12.4 Å². The van der Waals surface area contributed by atoms with Gasteiger partial charge in [0.1, 0.15) is 10.7 Å². The molecular weight excluding hydrogens is 462 g/mol. The molecule has 1 atom stereocenters. The molecule has 4 saturated carbocycles. The van der Waals surface area contributed by atoms with Gasteiger partial charge in [-0.15, -0.1) is 0 Å². The molecule has 6 nitrogen and oxygen atoms in total. The van der Waals surface area contributed by atoms with E-state index >= 15 is 0 Å². The zero-order chi connectivity index (χ0) is 24.6. The molecule has 0 aliphatic heterocycles. The van der Waals surface area contributed by atoms with Crippen LogP contribution >= 0.6 is 12.2 Å². The van der Waals surface area contributed by atoms with E-state index in [1.165, 1.54) is 44.1 Å². The molecule has 0 aromatic heterocycles. The summed E-state index contributed by atoms with van der Waals surface area (Å²) in [5, 5.41) is 12.4. The van der Waals surface area contributed by atoms with Gasteiger partial charge in [0.15, 0.2) is 0 Å². The van der Waals surface area contributed by atoms with E-state index in [1.54, 1.807) is 31.4 Å². The molecule has 186 valence electrons. The fourth-order valence-corrected chi connectivity index (χ4v) is 7.16. The molecule has 4 aliphatic rings. The number of thiocarbonyl (C=S) groups is 1. The third-order valence-corrected chi connectivity index (χ3v) is 8.30. The van der Waals surface area contributed by atoms with Gasteiger partial charge in [-0.1, -0.05) is 12.2 Å². The molecule has 0 heterocycles. The van der Waals surface area contributed by atoms with Crippen LogP contribution in [0.2, 0.25) is 0 Å². The Morgan fingerprint density at radius 1 is 1.06 bits per heavy atom. The van der Waals surface area contributed by atoms with Crippen molar-refractivity contribution < 1.29 is 24.1 Å². The van der Waals surface area contributed by atoms with E-state index in [0.29, 0.717) is 11.6 Å². The number of carbonyl (C=O) groups is 1. The van der Waals surface area contributed by atoms with Gasteiger partial charge < -0.3 is 24.6 Å². The average Bonchev–Trinajstić information content (AvgIpc) is 2.83. The van der Waals surface area contributed by atoms with Crippen molar-refractivity contribution in [2.45, 2.75) is 57.3 Å². The van der Waals surface area contributed by atoms with Crippen LogP contribution in [0.5, 0.6) is 5.75 Å². The first kappa shape index (κ1) is 24.2. The summed E-state index contributed by atoms with van der Waals surface area (Å²) in [6, 6.07) is 12.8.